The predicted octanol–water partition coefficient (Wildman–Crippen LogP) is 1.54. The van der Waals surface area contributed by atoms with Crippen molar-refractivity contribution in [3.63, 3.8) is 0 Å². The molecule has 1 saturated heterocycles. The van der Waals surface area contributed by atoms with E-state index in [9.17, 15) is 0 Å². The number of aryl methyl sites for hydroxylation is 2. The Morgan fingerprint density at radius 1 is 1.63 bits per heavy atom. The van der Waals surface area contributed by atoms with E-state index in [0.717, 1.165) is 36.0 Å². The molecule has 0 saturated carbocycles. The Balaban J connectivity index is 2.16. The molecule has 1 aromatic heterocycles. The number of nitrogens with two attached hydrogens (primary N) is 1. The zero-order chi connectivity index (χ0) is 14.0. The number of nitrogens with zero attached hydrogens (tertiary/aromatic N) is 2. The minimum Gasteiger partial charge on any atom is -0.376 e. The first-order chi connectivity index (χ1) is 9.08. The highest BCUT2D eigenvalue weighted by Gasteiger charge is 2.32. The second-order valence-electron chi connectivity index (χ2n) is 5.26. The van der Waals surface area contributed by atoms with E-state index in [1.165, 1.54) is 5.69 Å². The minimum atomic E-state index is 0.119. The second-order valence-corrected chi connectivity index (χ2v) is 6.06. The Morgan fingerprint density at radius 2 is 2.37 bits per heavy atom. The van der Waals surface area contributed by atoms with Crippen LogP contribution in [0.25, 0.3) is 0 Å². The number of rotatable bonds is 5. The summed E-state index contributed by atoms with van der Waals surface area (Å²) < 4.78 is 8.85. The SMILES string of the molecule is CCc1nn(C)c(CC(NN)C2OCCC2C)c1Br. The largest absolute Gasteiger partial charge is 0.376 e. The van der Waals surface area contributed by atoms with E-state index in [1.54, 1.807) is 0 Å². The monoisotopic (exact) mass is 330 g/mol. The van der Waals surface area contributed by atoms with Crippen LogP contribution in [0.2, 0.25) is 0 Å². The molecule has 2 heterocycles. The van der Waals surface area contributed by atoms with Gasteiger partial charge in [0.05, 0.1) is 28.0 Å². The minimum absolute atomic E-state index is 0.119. The van der Waals surface area contributed by atoms with Crippen molar-refractivity contribution in [2.75, 3.05) is 6.61 Å². The number of nitrogens with one attached hydrogen (secondary N) is 1. The van der Waals surface area contributed by atoms with E-state index in [-0.39, 0.29) is 12.1 Å². The van der Waals surface area contributed by atoms with Gasteiger partial charge in [0, 0.05) is 20.1 Å². The van der Waals surface area contributed by atoms with Gasteiger partial charge < -0.3 is 4.74 Å². The van der Waals surface area contributed by atoms with Crippen LogP contribution >= 0.6 is 15.9 Å². The highest BCUT2D eigenvalue weighted by atomic mass is 79.9. The molecule has 0 spiro atoms. The van der Waals surface area contributed by atoms with Gasteiger partial charge in [-0.25, -0.2) is 0 Å². The van der Waals surface area contributed by atoms with Crippen LogP contribution < -0.4 is 11.3 Å². The number of hydrazine groups is 1. The fourth-order valence-electron chi connectivity index (χ4n) is 2.75. The highest BCUT2D eigenvalue weighted by Crippen LogP contribution is 2.27. The number of ether oxygens (including phenoxy) is 1. The molecule has 19 heavy (non-hydrogen) atoms. The molecule has 6 heteroatoms. The molecule has 108 valence electrons. The van der Waals surface area contributed by atoms with Gasteiger partial charge in [0.2, 0.25) is 0 Å². The van der Waals surface area contributed by atoms with Gasteiger partial charge in [-0.05, 0) is 34.7 Å². The highest BCUT2D eigenvalue weighted by molar-refractivity contribution is 9.10. The first-order valence-corrected chi connectivity index (χ1v) is 7.65. The first-order valence-electron chi connectivity index (χ1n) is 6.86. The standard InChI is InChI=1S/C13H23BrN4O/c1-4-9-12(14)11(18(3)17-9)7-10(16-15)13-8(2)5-6-19-13/h8,10,13,16H,4-7,15H2,1-3H3. The van der Waals surface area contributed by atoms with Crippen molar-refractivity contribution in [1.29, 1.82) is 0 Å². The molecule has 3 N–H and O–H groups in total. The molecular weight excluding hydrogens is 308 g/mol. The van der Waals surface area contributed by atoms with Crippen LogP contribution in [-0.4, -0.2) is 28.5 Å². The zero-order valence-corrected chi connectivity index (χ0v) is 13.4. The Labute approximate surface area is 123 Å². The fourth-order valence-corrected chi connectivity index (χ4v) is 3.53. The summed E-state index contributed by atoms with van der Waals surface area (Å²) in [5.41, 5.74) is 5.18. The second kappa shape index (κ2) is 6.35. The lowest BCUT2D eigenvalue weighted by Crippen LogP contribution is -2.47. The van der Waals surface area contributed by atoms with Gasteiger partial charge >= 0.3 is 0 Å². The van der Waals surface area contributed by atoms with Crippen LogP contribution in [0.15, 0.2) is 4.47 Å². The van der Waals surface area contributed by atoms with E-state index in [0.29, 0.717) is 5.92 Å². The molecule has 0 bridgehead atoms. The molecule has 0 amide bonds. The summed E-state index contributed by atoms with van der Waals surface area (Å²) in [5, 5.41) is 4.52. The number of halogens is 1. The van der Waals surface area contributed by atoms with Crippen LogP contribution in [0.3, 0.4) is 0 Å². The van der Waals surface area contributed by atoms with Gasteiger partial charge in [-0.1, -0.05) is 13.8 Å². The molecule has 1 aliphatic heterocycles. The number of hydrogen-bond acceptors (Lipinski definition) is 4. The van der Waals surface area contributed by atoms with Gasteiger partial charge in [0.15, 0.2) is 0 Å². The van der Waals surface area contributed by atoms with E-state index in [1.807, 2.05) is 11.7 Å². The summed E-state index contributed by atoms with van der Waals surface area (Å²) in [4.78, 5) is 0. The Hall–Kier alpha value is -0.430. The molecule has 2 rings (SSSR count). The summed E-state index contributed by atoms with van der Waals surface area (Å²) in [6, 6.07) is 0.119. The summed E-state index contributed by atoms with van der Waals surface area (Å²) in [5.74, 6) is 6.27. The summed E-state index contributed by atoms with van der Waals surface area (Å²) in [7, 11) is 1.98. The lowest BCUT2D eigenvalue weighted by Gasteiger charge is -2.25. The molecule has 3 unspecified atom stereocenters. The van der Waals surface area contributed by atoms with Gasteiger partial charge in [0.25, 0.3) is 0 Å². The lowest BCUT2D eigenvalue weighted by molar-refractivity contribution is 0.0604. The molecule has 1 aliphatic rings. The van der Waals surface area contributed by atoms with Crippen LogP contribution in [-0.2, 0) is 24.6 Å². The topological polar surface area (TPSA) is 65.1 Å². The van der Waals surface area contributed by atoms with E-state index in [2.05, 4.69) is 40.3 Å². The normalized spacial score (nSPS) is 24.9. The molecule has 1 aromatic rings. The van der Waals surface area contributed by atoms with Crippen molar-refractivity contribution < 1.29 is 4.74 Å². The van der Waals surface area contributed by atoms with Crippen LogP contribution in [0.1, 0.15) is 31.7 Å². The lowest BCUT2D eigenvalue weighted by atomic mass is 9.95. The Kier molecular flexibility index (Phi) is 5.00. The van der Waals surface area contributed by atoms with E-state index < -0.39 is 0 Å². The molecule has 0 radical (unpaired) electrons. The maximum atomic E-state index is 5.82. The molecule has 3 atom stereocenters. The number of aromatic nitrogens is 2. The van der Waals surface area contributed by atoms with Crippen molar-refractivity contribution in [1.82, 2.24) is 15.2 Å². The molecule has 1 fully saturated rings. The van der Waals surface area contributed by atoms with Crippen molar-refractivity contribution in [2.24, 2.45) is 18.8 Å². The zero-order valence-electron chi connectivity index (χ0n) is 11.8. The predicted molar refractivity (Wildman–Crippen MR) is 78.6 cm³/mol. The van der Waals surface area contributed by atoms with Crippen molar-refractivity contribution in [2.45, 2.75) is 45.3 Å². The average molecular weight is 331 g/mol. The average Bonchev–Trinajstić information content (AvgIpc) is 2.93. The smallest absolute Gasteiger partial charge is 0.0771 e. The van der Waals surface area contributed by atoms with E-state index >= 15 is 0 Å². The van der Waals surface area contributed by atoms with Gasteiger partial charge in [-0.2, -0.15) is 5.10 Å². The third-order valence-electron chi connectivity index (χ3n) is 3.97. The van der Waals surface area contributed by atoms with Crippen molar-refractivity contribution in [3.8, 4) is 0 Å². The Bertz CT molecular complexity index is 435. The summed E-state index contributed by atoms with van der Waals surface area (Å²) in [6.45, 7) is 5.16. The first kappa shape index (κ1) is 15.0. The van der Waals surface area contributed by atoms with Gasteiger partial charge in [-0.3, -0.25) is 16.0 Å². The molecule has 0 aliphatic carbocycles. The van der Waals surface area contributed by atoms with Crippen molar-refractivity contribution >= 4 is 15.9 Å². The summed E-state index contributed by atoms with van der Waals surface area (Å²) >= 11 is 3.65. The molecule has 5 nitrogen and oxygen atoms in total. The molecule has 0 aromatic carbocycles. The number of hydrogen-bond donors (Lipinski definition) is 2. The van der Waals surface area contributed by atoms with Gasteiger partial charge in [-0.15, -0.1) is 0 Å². The van der Waals surface area contributed by atoms with Crippen LogP contribution in [0, 0.1) is 5.92 Å². The van der Waals surface area contributed by atoms with Crippen LogP contribution in [0.4, 0.5) is 0 Å². The van der Waals surface area contributed by atoms with Gasteiger partial charge in [0.1, 0.15) is 0 Å². The fraction of sp³-hybridized carbons (Fsp3) is 0.769. The maximum absolute atomic E-state index is 5.82. The third-order valence-corrected chi connectivity index (χ3v) is 4.89. The van der Waals surface area contributed by atoms with Crippen LogP contribution in [0.5, 0.6) is 0 Å². The quantitative estimate of drug-likeness (QED) is 0.635. The summed E-state index contributed by atoms with van der Waals surface area (Å²) in [6.07, 6.45) is 3.02. The maximum Gasteiger partial charge on any atom is 0.0771 e. The van der Waals surface area contributed by atoms with E-state index in [4.69, 9.17) is 10.6 Å². The molecular formula is C13H23BrN4O. The Morgan fingerprint density at radius 3 is 2.84 bits per heavy atom. The third kappa shape index (κ3) is 3.02. The van der Waals surface area contributed by atoms with Crippen molar-refractivity contribution in [3.05, 3.63) is 15.9 Å².